The highest BCUT2D eigenvalue weighted by Gasteiger charge is 2.03. The van der Waals surface area contributed by atoms with Crippen LogP contribution in [-0.4, -0.2) is 44.3 Å². The molecule has 0 unspecified atom stereocenters. The standard InChI is InChI=1S/C4H11NO3S.C3H3N.H3N/c1-5(2)3-4-9(6,7)8;1-2-3-4;/h3-4H2,1-2H3,(H,6,7,8);2H,1H2;1H3. The van der Waals surface area contributed by atoms with E-state index in [0.29, 0.717) is 6.54 Å². The van der Waals surface area contributed by atoms with Crippen molar-refractivity contribution < 1.29 is 13.0 Å². The number of nitrogens with zero attached hydrogens (tertiary/aromatic N) is 2. The minimum atomic E-state index is -3.76. The van der Waals surface area contributed by atoms with Crippen LogP contribution < -0.4 is 6.15 Å². The molecule has 0 radical (unpaired) electrons. The van der Waals surface area contributed by atoms with Crippen molar-refractivity contribution in [1.29, 1.82) is 5.26 Å². The van der Waals surface area contributed by atoms with Crippen LogP contribution in [0.2, 0.25) is 0 Å². The Bertz CT molecular complexity index is 266. The number of allylic oxidation sites excluding steroid dienone is 1. The van der Waals surface area contributed by atoms with Crippen LogP contribution in [0, 0.1) is 11.3 Å². The molecule has 7 heteroatoms. The van der Waals surface area contributed by atoms with Crippen LogP contribution in [-0.2, 0) is 10.1 Å². The SMILES string of the molecule is C=CC#N.CN(C)CCS(=O)(=O)O.N. The normalized spacial score (nSPS) is 9.07. The second kappa shape index (κ2) is 10.1. The molecular formula is C7H17N3O3S. The second-order valence-corrected chi connectivity index (χ2v) is 3.99. The van der Waals surface area contributed by atoms with Crippen molar-refractivity contribution >= 4 is 10.1 Å². The predicted octanol–water partition coefficient (Wildman–Crippen LogP) is 0.294. The molecule has 0 aromatic heterocycles. The number of nitriles is 1. The van der Waals surface area contributed by atoms with Crippen molar-refractivity contribution in [3.8, 4) is 6.07 Å². The molecule has 0 saturated heterocycles. The minimum absolute atomic E-state index is 0. The molecule has 0 aliphatic carbocycles. The number of hydrogen-bond donors (Lipinski definition) is 2. The Morgan fingerprint density at radius 3 is 2.00 bits per heavy atom. The lowest BCUT2D eigenvalue weighted by molar-refractivity contribution is 0.418. The van der Waals surface area contributed by atoms with Gasteiger partial charge in [-0.25, -0.2) is 0 Å². The third-order valence-electron chi connectivity index (χ3n) is 0.888. The van der Waals surface area contributed by atoms with E-state index in [-0.39, 0.29) is 11.9 Å². The van der Waals surface area contributed by atoms with E-state index in [1.54, 1.807) is 25.1 Å². The zero-order valence-electron chi connectivity index (χ0n) is 8.47. The maximum absolute atomic E-state index is 10.1. The maximum atomic E-state index is 10.1. The fraction of sp³-hybridized carbons (Fsp3) is 0.571. The summed E-state index contributed by atoms with van der Waals surface area (Å²) < 4.78 is 28.3. The lowest BCUT2D eigenvalue weighted by atomic mass is 10.7. The molecular weight excluding hydrogens is 206 g/mol. The van der Waals surface area contributed by atoms with Crippen molar-refractivity contribution in [3.63, 3.8) is 0 Å². The van der Waals surface area contributed by atoms with Gasteiger partial charge in [0.2, 0.25) is 0 Å². The molecule has 0 amide bonds. The second-order valence-electron chi connectivity index (χ2n) is 2.42. The van der Waals surface area contributed by atoms with Gasteiger partial charge < -0.3 is 11.1 Å². The molecule has 6 nitrogen and oxygen atoms in total. The molecule has 84 valence electrons. The molecule has 0 aromatic rings. The molecule has 0 aliphatic rings. The topological polar surface area (TPSA) is 116 Å². The maximum Gasteiger partial charge on any atom is 0.266 e. The largest absolute Gasteiger partial charge is 0.344 e. The van der Waals surface area contributed by atoms with Crippen molar-refractivity contribution in [3.05, 3.63) is 12.7 Å². The summed E-state index contributed by atoms with van der Waals surface area (Å²) in [6.45, 7) is 3.48. The lowest BCUT2D eigenvalue weighted by Crippen LogP contribution is -2.21. The molecule has 0 aromatic carbocycles. The van der Waals surface area contributed by atoms with Gasteiger partial charge in [-0.1, -0.05) is 6.58 Å². The molecule has 0 spiro atoms. The summed E-state index contributed by atoms with van der Waals surface area (Å²) >= 11 is 0. The van der Waals surface area contributed by atoms with Gasteiger partial charge in [-0.05, 0) is 14.1 Å². The predicted molar refractivity (Wildman–Crippen MR) is 55.8 cm³/mol. The Labute approximate surface area is 85.2 Å². The van der Waals surface area contributed by atoms with Crippen molar-refractivity contribution in [1.82, 2.24) is 11.1 Å². The van der Waals surface area contributed by atoms with E-state index >= 15 is 0 Å². The van der Waals surface area contributed by atoms with Gasteiger partial charge >= 0.3 is 0 Å². The molecule has 0 bridgehead atoms. The number of rotatable bonds is 3. The summed E-state index contributed by atoms with van der Waals surface area (Å²) in [5.74, 6) is -0.194. The highest BCUT2D eigenvalue weighted by molar-refractivity contribution is 7.85. The zero-order valence-corrected chi connectivity index (χ0v) is 9.29. The highest BCUT2D eigenvalue weighted by Crippen LogP contribution is 1.82. The van der Waals surface area contributed by atoms with E-state index in [1.165, 1.54) is 6.08 Å². The van der Waals surface area contributed by atoms with E-state index in [0.717, 1.165) is 0 Å². The Kier molecular flexibility index (Phi) is 13.6. The average molecular weight is 223 g/mol. The first-order chi connectivity index (χ1) is 5.83. The third-order valence-corrected chi connectivity index (χ3v) is 1.59. The van der Waals surface area contributed by atoms with Crippen LogP contribution in [0.5, 0.6) is 0 Å². The van der Waals surface area contributed by atoms with Gasteiger partial charge in [0.05, 0.1) is 11.8 Å². The first kappa shape index (κ1) is 18.8. The van der Waals surface area contributed by atoms with Gasteiger partial charge in [0.15, 0.2) is 0 Å². The molecule has 0 fully saturated rings. The van der Waals surface area contributed by atoms with E-state index in [2.05, 4.69) is 6.58 Å². The summed E-state index contributed by atoms with van der Waals surface area (Å²) in [6.07, 6.45) is 1.18. The van der Waals surface area contributed by atoms with Gasteiger partial charge in [-0.3, -0.25) is 4.55 Å². The van der Waals surface area contributed by atoms with Gasteiger partial charge in [0.1, 0.15) is 0 Å². The van der Waals surface area contributed by atoms with Crippen LogP contribution >= 0.6 is 0 Å². The van der Waals surface area contributed by atoms with E-state index in [4.69, 9.17) is 9.81 Å². The molecule has 0 heterocycles. The average Bonchev–Trinajstić information content (AvgIpc) is 2.00. The first-order valence-corrected chi connectivity index (χ1v) is 5.04. The van der Waals surface area contributed by atoms with Crippen LogP contribution in [0.3, 0.4) is 0 Å². The summed E-state index contributed by atoms with van der Waals surface area (Å²) in [4.78, 5) is 1.69. The van der Waals surface area contributed by atoms with Gasteiger partial charge in [-0.15, -0.1) is 0 Å². The first-order valence-electron chi connectivity index (χ1n) is 3.44. The number of hydrogen-bond acceptors (Lipinski definition) is 5. The molecule has 0 atom stereocenters. The van der Waals surface area contributed by atoms with E-state index in [9.17, 15) is 8.42 Å². The van der Waals surface area contributed by atoms with Crippen molar-refractivity contribution in [2.75, 3.05) is 26.4 Å². The smallest absolute Gasteiger partial charge is 0.266 e. The van der Waals surface area contributed by atoms with Crippen molar-refractivity contribution in [2.24, 2.45) is 0 Å². The zero-order chi connectivity index (χ0) is 10.9. The Balaban J connectivity index is -0.000000209. The summed E-state index contributed by atoms with van der Waals surface area (Å²) in [6, 6.07) is 1.69. The lowest BCUT2D eigenvalue weighted by Gasteiger charge is -2.05. The van der Waals surface area contributed by atoms with Crippen LogP contribution in [0.1, 0.15) is 0 Å². The third kappa shape index (κ3) is 30.5. The molecule has 0 saturated carbocycles. The molecule has 0 rings (SSSR count). The van der Waals surface area contributed by atoms with Crippen LogP contribution in [0.15, 0.2) is 12.7 Å². The van der Waals surface area contributed by atoms with E-state index in [1.807, 2.05) is 0 Å². The monoisotopic (exact) mass is 223 g/mol. The van der Waals surface area contributed by atoms with Gasteiger partial charge in [0.25, 0.3) is 10.1 Å². The Morgan fingerprint density at radius 2 is 1.93 bits per heavy atom. The molecule has 14 heavy (non-hydrogen) atoms. The molecule has 4 N–H and O–H groups in total. The van der Waals surface area contributed by atoms with Crippen molar-refractivity contribution in [2.45, 2.75) is 0 Å². The summed E-state index contributed by atoms with van der Waals surface area (Å²) in [7, 11) is -0.278. The summed E-state index contributed by atoms with van der Waals surface area (Å²) in [5.41, 5.74) is 0. The van der Waals surface area contributed by atoms with Gasteiger partial charge in [-0.2, -0.15) is 13.7 Å². The fourth-order valence-electron chi connectivity index (χ4n) is 0.298. The van der Waals surface area contributed by atoms with E-state index < -0.39 is 10.1 Å². The van der Waals surface area contributed by atoms with Crippen LogP contribution in [0.25, 0.3) is 0 Å². The fourth-order valence-corrected chi connectivity index (χ4v) is 0.894. The molecule has 0 aliphatic heterocycles. The highest BCUT2D eigenvalue weighted by atomic mass is 32.2. The summed E-state index contributed by atoms with van der Waals surface area (Å²) in [5, 5.41) is 7.51. The Hall–Kier alpha value is -0.940. The van der Waals surface area contributed by atoms with Crippen LogP contribution in [0.4, 0.5) is 0 Å². The quantitative estimate of drug-likeness (QED) is 0.524. The Morgan fingerprint density at radius 1 is 1.57 bits per heavy atom. The van der Waals surface area contributed by atoms with Gasteiger partial charge in [0, 0.05) is 12.6 Å². The minimum Gasteiger partial charge on any atom is -0.344 e.